The van der Waals surface area contributed by atoms with Crippen molar-refractivity contribution < 1.29 is 17.9 Å². The van der Waals surface area contributed by atoms with Gasteiger partial charge in [0.25, 0.3) is 5.91 Å². The Hall–Kier alpha value is -3.76. The lowest BCUT2D eigenvalue weighted by Crippen LogP contribution is -2.35. The molecule has 0 radical (unpaired) electrons. The fraction of sp³-hybridized carbons (Fsp3) is 0.345. The van der Waals surface area contributed by atoms with Crippen molar-refractivity contribution in [2.75, 3.05) is 25.5 Å². The van der Waals surface area contributed by atoms with Crippen LogP contribution in [0.15, 0.2) is 53.4 Å². The van der Waals surface area contributed by atoms with Crippen LogP contribution in [0.2, 0.25) is 0 Å². The van der Waals surface area contributed by atoms with Crippen LogP contribution >= 0.6 is 0 Å². The number of hydrogen-bond acceptors (Lipinski definition) is 6. The van der Waals surface area contributed by atoms with Gasteiger partial charge in [-0.2, -0.15) is 9.40 Å². The highest BCUT2D eigenvalue weighted by Crippen LogP contribution is 2.36. The van der Waals surface area contributed by atoms with Gasteiger partial charge in [-0.1, -0.05) is 31.5 Å². The summed E-state index contributed by atoms with van der Waals surface area (Å²) >= 11 is 0. The first-order chi connectivity index (χ1) is 18.7. The maximum Gasteiger partial charge on any atom is 0.276 e. The molecule has 9 nitrogen and oxygen atoms in total. The van der Waals surface area contributed by atoms with Gasteiger partial charge in [0.15, 0.2) is 11.3 Å². The third-order valence-corrected chi connectivity index (χ3v) is 9.01. The number of rotatable bonds is 7. The molecular weight excluding hydrogens is 514 g/mol. The second kappa shape index (κ2) is 10.8. The molecule has 1 amide bonds. The molecule has 204 valence electrons. The summed E-state index contributed by atoms with van der Waals surface area (Å²) in [4.78, 5) is 18.4. The van der Waals surface area contributed by atoms with Gasteiger partial charge in [-0.25, -0.2) is 17.9 Å². The third kappa shape index (κ3) is 5.14. The fourth-order valence-electron chi connectivity index (χ4n) is 5.08. The molecule has 39 heavy (non-hydrogen) atoms. The minimum Gasteiger partial charge on any atom is -0.495 e. The number of anilines is 1. The molecule has 0 aliphatic carbocycles. The van der Waals surface area contributed by atoms with Gasteiger partial charge in [-0.05, 0) is 74.6 Å². The number of aromatic nitrogens is 3. The first-order valence-corrected chi connectivity index (χ1v) is 14.6. The summed E-state index contributed by atoms with van der Waals surface area (Å²) in [5, 5.41) is 7.61. The minimum absolute atomic E-state index is 0.0649. The molecule has 1 aliphatic heterocycles. The molecule has 0 unspecified atom stereocenters. The Bertz CT molecular complexity index is 1660. The Kier molecular flexibility index (Phi) is 7.42. The molecule has 2 aromatic heterocycles. The first-order valence-electron chi connectivity index (χ1n) is 13.2. The minimum atomic E-state index is -3.82. The number of fused-ring (bicyclic) bond motifs is 1. The summed E-state index contributed by atoms with van der Waals surface area (Å²) in [5.41, 5.74) is 4.94. The molecule has 0 spiro atoms. The van der Waals surface area contributed by atoms with E-state index in [-0.39, 0.29) is 16.3 Å². The van der Waals surface area contributed by atoms with E-state index in [4.69, 9.17) is 9.72 Å². The van der Waals surface area contributed by atoms with Crippen LogP contribution in [-0.4, -0.2) is 53.4 Å². The van der Waals surface area contributed by atoms with E-state index in [0.717, 1.165) is 42.6 Å². The molecule has 10 heteroatoms. The van der Waals surface area contributed by atoms with Crippen LogP contribution in [0.4, 0.5) is 5.69 Å². The quantitative estimate of drug-likeness (QED) is 0.349. The number of piperidine rings is 1. The lowest BCUT2D eigenvalue weighted by Gasteiger charge is -2.26. The topological polar surface area (TPSA) is 106 Å². The van der Waals surface area contributed by atoms with E-state index in [1.54, 1.807) is 22.7 Å². The molecule has 3 heterocycles. The van der Waals surface area contributed by atoms with Crippen LogP contribution in [0.1, 0.15) is 53.6 Å². The summed E-state index contributed by atoms with van der Waals surface area (Å²) < 4.78 is 36.0. The number of hydrogen-bond donors (Lipinski definition) is 1. The number of benzene rings is 2. The fourth-order valence-corrected chi connectivity index (χ4v) is 6.78. The van der Waals surface area contributed by atoms with E-state index >= 15 is 0 Å². The van der Waals surface area contributed by atoms with Crippen LogP contribution in [0.25, 0.3) is 16.8 Å². The third-order valence-electron chi connectivity index (χ3n) is 7.09. The molecule has 1 N–H and O–H groups in total. The average Bonchev–Trinajstić information content (AvgIpc) is 3.33. The van der Waals surface area contributed by atoms with E-state index in [0.29, 0.717) is 35.6 Å². The van der Waals surface area contributed by atoms with Gasteiger partial charge >= 0.3 is 0 Å². The largest absolute Gasteiger partial charge is 0.495 e. The molecule has 0 atom stereocenters. The second-order valence-electron chi connectivity index (χ2n) is 9.84. The number of amides is 1. The zero-order valence-corrected chi connectivity index (χ0v) is 23.5. The van der Waals surface area contributed by atoms with E-state index in [1.165, 1.54) is 11.4 Å². The highest BCUT2D eigenvalue weighted by Gasteiger charge is 2.31. The standard InChI is InChI=1S/C29H33N5O4S/c1-5-21-10-9-11-23(17-21)31-29(35)27-26(28-30-19(2)16-20(3)34(28)32-27)22-12-13-24(38-4)25(18-22)39(36,37)33-14-7-6-8-15-33/h9-13,16-18H,5-8,14-15H2,1-4H3,(H,31,35). The van der Waals surface area contributed by atoms with Crippen LogP contribution in [-0.2, 0) is 16.4 Å². The SMILES string of the molecule is CCc1cccc(NC(=O)c2nn3c(C)cc(C)nc3c2-c2ccc(OC)c(S(=O)(=O)N3CCCCC3)c2)c1. The van der Waals surface area contributed by atoms with Crippen molar-refractivity contribution in [3.8, 4) is 16.9 Å². The lowest BCUT2D eigenvalue weighted by atomic mass is 10.0. The molecule has 1 fully saturated rings. The Morgan fingerprint density at radius 3 is 2.54 bits per heavy atom. The van der Waals surface area contributed by atoms with Crippen LogP contribution < -0.4 is 10.1 Å². The Balaban J connectivity index is 1.67. The van der Waals surface area contributed by atoms with Gasteiger partial charge in [-0.3, -0.25) is 4.79 Å². The molecular formula is C29H33N5O4S. The Morgan fingerprint density at radius 2 is 1.82 bits per heavy atom. The monoisotopic (exact) mass is 547 g/mol. The summed E-state index contributed by atoms with van der Waals surface area (Å²) in [6.45, 7) is 6.76. The molecule has 0 bridgehead atoms. The number of methoxy groups -OCH3 is 1. The van der Waals surface area contributed by atoms with E-state index < -0.39 is 15.9 Å². The van der Waals surface area contributed by atoms with Gasteiger partial charge in [0.2, 0.25) is 10.0 Å². The molecule has 4 aromatic rings. The highest BCUT2D eigenvalue weighted by molar-refractivity contribution is 7.89. The molecule has 5 rings (SSSR count). The number of nitrogens with one attached hydrogen (secondary N) is 1. The van der Waals surface area contributed by atoms with Crippen molar-refractivity contribution in [2.45, 2.75) is 51.3 Å². The highest BCUT2D eigenvalue weighted by atomic mass is 32.2. The van der Waals surface area contributed by atoms with Crippen molar-refractivity contribution in [3.05, 3.63) is 71.2 Å². The van der Waals surface area contributed by atoms with Gasteiger partial charge < -0.3 is 10.1 Å². The Morgan fingerprint density at radius 1 is 1.05 bits per heavy atom. The second-order valence-corrected chi connectivity index (χ2v) is 11.7. The number of carbonyl (C=O) groups is 1. The van der Waals surface area contributed by atoms with Crippen molar-refractivity contribution in [1.29, 1.82) is 0 Å². The van der Waals surface area contributed by atoms with Crippen LogP contribution in [0.5, 0.6) is 5.75 Å². The zero-order valence-electron chi connectivity index (χ0n) is 22.7. The summed E-state index contributed by atoms with van der Waals surface area (Å²) in [7, 11) is -2.36. The molecule has 1 saturated heterocycles. The Labute approximate surface area is 228 Å². The van der Waals surface area contributed by atoms with E-state index in [9.17, 15) is 13.2 Å². The van der Waals surface area contributed by atoms with Gasteiger partial charge in [0.05, 0.1) is 12.7 Å². The predicted octanol–water partition coefficient (Wildman–Crippen LogP) is 5.01. The summed E-state index contributed by atoms with van der Waals surface area (Å²) in [6, 6.07) is 14.5. The molecule has 2 aromatic carbocycles. The number of aryl methyl sites for hydroxylation is 3. The number of ether oxygens (including phenoxy) is 1. The molecule has 0 saturated carbocycles. The number of nitrogens with zero attached hydrogens (tertiary/aromatic N) is 4. The van der Waals surface area contributed by atoms with Crippen LogP contribution in [0, 0.1) is 13.8 Å². The van der Waals surface area contributed by atoms with Gasteiger partial charge in [0.1, 0.15) is 10.6 Å². The normalized spacial score (nSPS) is 14.5. The maximum atomic E-state index is 13.7. The van der Waals surface area contributed by atoms with Gasteiger partial charge in [-0.15, -0.1) is 0 Å². The first kappa shape index (κ1) is 26.8. The van der Waals surface area contributed by atoms with Gasteiger partial charge in [0, 0.05) is 30.2 Å². The van der Waals surface area contributed by atoms with Crippen LogP contribution in [0.3, 0.4) is 0 Å². The summed E-state index contributed by atoms with van der Waals surface area (Å²) in [6.07, 6.45) is 3.49. The number of carbonyl (C=O) groups excluding carboxylic acids is 1. The van der Waals surface area contributed by atoms with Crippen molar-refractivity contribution in [2.24, 2.45) is 0 Å². The predicted molar refractivity (Wildman–Crippen MR) is 151 cm³/mol. The zero-order chi connectivity index (χ0) is 27.7. The van der Waals surface area contributed by atoms with Crippen molar-refractivity contribution in [3.63, 3.8) is 0 Å². The number of sulfonamides is 1. The lowest BCUT2D eigenvalue weighted by molar-refractivity contribution is 0.102. The van der Waals surface area contributed by atoms with E-state index in [1.807, 2.05) is 44.2 Å². The van der Waals surface area contributed by atoms with E-state index in [2.05, 4.69) is 17.3 Å². The summed E-state index contributed by atoms with van der Waals surface area (Å²) in [5.74, 6) is -0.152. The van der Waals surface area contributed by atoms with Crippen molar-refractivity contribution in [1.82, 2.24) is 18.9 Å². The molecule has 1 aliphatic rings. The average molecular weight is 548 g/mol. The smallest absolute Gasteiger partial charge is 0.276 e. The maximum absolute atomic E-state index is 13.7. The van der Waals surface area contributed by atoms with Crippen molar-refractivity contribution >= 4 is 27.3 Å².